The number of amides is 5. The van der Waals surface area contributed by atoms with Gasteiger partial charge in [0.15, 0.2) is 0 Å². The molecular formula is C29H49N5O6. The number of carbonyl (C=O) groups excluding carboxylic acids is 5. The number of piperidine rings is 1. The summed E-state index contributed by atoms with van der Waals surface area (Å²) in [4.78, 5) is 67.6. The lowest BCUT2D eigenvalue weighted by Crippen LogP contribution is -2.64. The van der Waals surface area contributed by atoms with Gasteiger partial charge in [-0.2, -0.15) is 0 Å². The Bertz CT molecular complexity index is 892. The van der Waals surface area contributed by atoms with Gasteiger partial charge in [0.1, 0.15) is 24.2 Å². The summed E-state index contributed by atoms with van der Waals surface area (Å²) in [6, 6.07) is -3.10. The van der Waals surface area contributed by atoms with E-state index in [1.54, 1.807) is 10.4 Å². The molecular weight excluding hydrogens is 514 g/mol. The van der Waals surface area contributed by atoms with E-state index in [1.807, 2.05) is 13.8 Å². The first-order valence-corrected chi connectivity index (χ1v) is 15.4. The van der Waals surface area contributed by atoms with Crippen LogP contribution in [0.25, 0.3) is 0 Å². The average molecular weight is 564 g/mol. The van der Waals surface area contributed by atoms with Gasteiger partial charge in [0.05, 0.1) is 0 Å². The molecule has 2 heterocycles. The van der Waals surface area contributed by atoms with Crippen LogP contribution in [0.2, 0.25) is 0 Å². The van der Waals surface area contributed by atoms with Crippen molar-refractivity contribution < 1.29 is 29.2 Å². The molecule has 226 valence electrons. The van der Waals surface area contributed by atoms with Crippen LogP contribution in [0.15, 0.2) is 0 Å². The normalized spacial score (nSPS) is 27.8. The number of hydrogen-bond donors (Lipinski definition) is 5. The van der Waals surface area contributed by atoms with Gasteiger partial charge in [-0.1, -0.05) is 65.2 Å². The molecule has 0 radical (unpaired) electrons. The zero-order valence-electron chi connectivity index (χ0n) is 24.2. The maximum atomic E-state index is 13.8. The van der Waals surface area contributed by atoms with Crippen molar-refractivity contribution in [2.24, 2.45) is 11.8 Å². The third-order valence-electron chi connectivity index (χ3n) is 8.95. The number of hydrogen-bond acceptors (Lipinski definition) is 6. The van der Waals surface area contributed by atoms with Crippen LogP contribution in [0.3, 0.4) is 0 Å². The average Bonchev–Trinajstić information content (AvgIpc) is 2.97. The van der Waals surface area contributed by atoms with Crippen molar-refractivity contribution in [1.82, 2.24) is 26.3 Å². The van der Waals surface area contributed by atoms with Crippen LogP contribution >= 0.6 is 0 Å². The minimum absolute atomic E-state index is 0.128. The molecule has 1 aliphatic carbocycles. The second-order valence-electron chi connectivity index (χ2n) is 11.9. The largest absolute Gasteiger partial charge is 0.343 e. The second kappa shape index (κ2) is 15.9. The quantitative estimate of drug-likeness (QED) is 0.156. The molecule has 0 aromatic heterocycles. The van der Waals surface area contributed by atoms with Crippen molar-refractivity contribution in [3.8, 4) is 0 Å². The molecule has 3 aliphatic rings. The molecule has 3 rings (SSSR count). The van der Waals surface area contributed by atoms with Crippen LogP contribution in [0.5, 0.6) is 0 Å². The highest BCUT2D eigenvalue weighted by molar-refractivity contribution is 5.97. The van der Waals surface area contributed by atoms with E-state index in [2.05, 4.69) is 16.0 Å². The standard InChI is InChI=1S/C29H49N5O6/c1-3-19(2)25-29(39)34-17-11-10-15-23(34)28(38)30-21(14-8-5-9-16-24(35)33-40)26(36)31-22(27(37)32-25)18-20-12-6-4-7-13-20/h19-23,25,40H,3-18H2,1-2H3,(H,30,38)(H,31,36)(H,32,37)(H,33,35)/t19?,21-,22+,23+,25-/m0/s1. The number of rotatable bonds is 10. The van der Waals surface area contributed by atoms with Gasteiger partial charge in [0.2, 0.25) is 29.5 Å². The van der Waals surface area contributed by atoms with Crippen LogP contribution in [0, 0.1) is 11.8 Å². The topological polar surface area (TPSA) is 157 Å². The fourth-order valence-corrected chi connectivity index (χ4v) is 6.25. The van der Waals surface area contributed by atoms with Crippen LogP contribution in [-0.4, -0.2) is 70.4 Å². The molecule has 40 heavy (non-hydrogen) atoms. The number of fused-ring (bicyclic) bond motifs is 1. The number of nitrogens with zero attached hydrogens (tertiary/aromatic N) is 1. The zero-order valence-corrected chi connectivity index (χ0v) is 24.2. The van der Waals surface area contributed by atoms with Crippen LogP contribution < -0.4 is 21.4 Å². The van der Waals surface area contributed by atoms with Crippen LogP contribution in [0.1, 0.15) is 110 Å². The Morgan fingerprint density at radius 2 is 1.57 bits per heavy atom. The molecule has 0 bridgehead atoms. The Morgan fingerprint density at radius 3 is 2.27 bits per heavy atom. The number of carbonyl (C=O) groups is 5. The first-order valence-electron chi connectivity index (χ1n) is 15.4. The molecule has 0 spiro atoms. The van der Waals surface area contributed by atoms with E-state index >= 15 is 0 Å². The first kappa shape index (κ1) is 31.8. The fourth-order valence-electron chi connectivity index (χ4n) is 6.25. The molecule has 2 saturated heterocycles. The van der Waals surface area contributed by atoms with Crippen LogP contribution in [0.4, 0.5) is 0 Å². The summed E-state index contributed by atoms with van der Waals surface area (Å²) in [6.07, 6.45) is 10.9. The van der Waals surface area contributed by atoms with Gasteiger partial charge < -0.3 is 20.9 Å². The third-order valence-corrected chi connectivity index (χ3v) is 8.95. The fraction of sp³-hybridized carbons (Fsp3) is 0.828. The monoisotopic (exact) mass is 563 g/mol. The van der Waals surface area contributed by atoms with Crippen molar-refractivity contribution in [3.05, 3.63) is 0 Å². The summed E-state index contributed by atoms with van der Waals surface area (Å²) in [5.41, 5.74) is 1.61. The summed E-state index contributed by atoms with van der Waals surface area (Å²) < 4.78 is 0. The van der Waals surface area contributed by atoms with Gasteiger partial charge in [-0.25, -0.2) is 5.48 Å². The van der Waals surface area contributed by atoms with Gasteiger partial charge in [-0.3, -0.25) is 29.2 Å². The Kier molecular flexibility index (Phi) is 12.7. The lowest BCUT2D eigenvalue weighted by atomic mass is 9.84. The van der Waals surface area contributed by atoms with Crippen molar-refractivity contribution >= 4 is 29.5 Å². The SMILES string of the molecule is CCC(C)[C@@H]1NC(=O)[C@@H](CC2CCCCC2)NC(=O)[C@H](CCCCCC(=O)NO)NC(=O)[C@H]2CCCCN2C1=O. The summed E-state index contributed by atoms with van der Waals surface area (Å²) in [6.45, 7) is 4.35. The van der Waals surface area contributed by atoms with Crippen molar-refractivity contribution in [3.63, 3.8) is 0 Å². The maximum absolute atomic E-state index is 13.8. The lowest BCUT2D eigenvalue weighted by Gasteiger charge is -2.40. The highest BCUT2D eigenvalue weighted by atomic mass is 16.5. The molecule has 1 unspecified atom stereocenters. The van der Waals surface area contributed by atoms with Gasteiger partial charge in [-0.05, 0) is 50.4 Å². The van der Waals surface area contributed by atoms with Gasteiger partial charge in [0.25, 0.3) is 0 Å². The van der Waals surface area contributed by atoms with E-state index in [0.29, 0.717) is 57.4 Å². The van der Waals surface area contributed by atoms with Gasteiger partial charge >= 0.3 is 0 Å². The Morgan fingerprint density at radius 1 is 0.900 bits per heavy atom. The molecule has 5 amide bonds. The maximum Gasteiger partial charge on any atom is 0.246 e. The van der Waals surface area contributed by atoms with E-state index in [9.17, 15) is 24.0 Å². The Hall–Kier alpha value is -2.69. The summed E-state index contributed by atoms with van der Waals surface area (Å²) >= 11 is 0. The molecule has 3 fully saturated rings. The summed E-state index contributed by atoms with van der Waals surface area (Å²) in [5.74, 6) is -1.59. The minimum atomic E-state index is -0.857. The lowest BCUT2D eigenvalue weighted by molar-refractivity contribution is -0.148. The molecule has 0 aromatic rings. The Labute approximate surface area is 237 Å². The van der Waals surface area contributed by atoms with Gasteiger partial charge in [-0.15, -0.1) is 0 Å². The molecule has 0 aromatic carbocycles. The number of unbranched alkanes of at least 4 members (excludes halogenated alkanes) is 2. The molecule has 11 nitrogen and oxygen atoms in total. The number of nitrogens with one attached hydrogen (secondary N) is 4. The third kappa shape index (κ3) is 8.91. The molecule has 5 N–H and O–H groups in total. The van der Waals surface area contributed by atoms with E-state index in [0.717, 1.165) is 38.5 Å². The first-order chi connectivity index (χ1) is 19.2. The van der Waals surface area contributed by atoms with E-state index < -0.39 is 36.0 Å². The smallest absolute Gasteiger partial charge is 0.246 e. The molecule has 1 saturated carbocycles. The highest BCUT2D eigenvalue weighted by Crippen LogP contribution is 2.28. The van der Waals surface area contributed by atoms with Gasteiger partial charge in [0, 0.05) is 13.0 Å². The molecule has 5 atom stereocenters. The van der Waals surface area contributed by atoms with Crippen molar-refractivity contribution in [1.29, 1.82) is 0 Å². The van der Waals surface area contributed by atoms with Crippen molar-refractivity contribution in [2.75, 3.05) is 6.54 Å². The van der Waals surface area contributed by atoms with E-state index in [1.165, 1.54) is 6.42 Å². The highest BCUT2D eigenvalue weighted by Gasteiger charge is 2.41. The van der Waals surface area contributed by atoms with E-state index in [-0.39, 0.29) is 30.1 Å². The summed E-state index contributed by atoms with van der Waals surface area (Å²) in [5, 5.41) is 17.6. The molecule has 11 heteroatoms. The number of hydroxylamine groups is 1. The second-order valence-corrected chi connectivity index (χ2v) is 11.9. The summed E-state index contributed by atoms with van der Waals surface area (Å²) in [7, 11) is 0. The zero-order chi connectivity index (χ0) is 29.1. The predicted molar refractivity (Wildman–Crippen MR) is 149 cm³/mol. The van der Waals surface area contributed by atoms with Crippen LogP contribution in [-0.2, 0) is 24.0 Å². The van der Waals surface area contributed by atoms with Crippen molar-refractivity contribution in [2.45, 2.75) is 134 Å². The molecule has 2 aliphatic heterocycles. The minimum Gasteiger partial charge on any atom is -0.343 e. The Balaban J connectivity index is 1.85. The van der Waals surface area contributed by atoms with E-state index in [4.69, 9.17) is 5.21 Å². The predicted octanol–water partition coefficient (Wildman–Crippen LogP) is 2.31.